The Kier molecular flexibility index (Phi) is 4.29. The summed E-state index contributed by atoms with van der Waals surface area (Å²) in [6.45, 7) is 1.72. The smallest absolute Gasteiger partial charge is 0.255 e. The quantitative estimate of drug-likeness (QED) is 0.716. The Morgan fingerprint density at radius 1 is 1.00 bits per heavy atom. The minimum Gasteiger partial charge on any atom is -0.497 e. The molecular formula is C21H23N3O2. The van der Waals surface area contributed by atoms with Crippen LogP contribution in [0.4, 0.5) is 11.5 Å². The van der Waals surface area contributed by atoms with E-state index in [1.54, 1.807) is 7.11 Å². The van der Waals surface area contributed by atoms with E-state index in [2.05, 4.69) is 21.4 Å². The summed E-state index contributed by atoms with van der Waals surface area (Å²) in [7, 11) is 3.69. The largest absolute Gasteiger partial charge is 0.497 e. The minimum absolute atomic E-state index is 0.121. The minimum atomic E-state index is 0.121. The molecule has 0 saturated carbocycles. The van der Waals surface area contributed by atoms with E-state index in [9.17, 15) is 4.79 Å². The molecule has 0 spiro atoms. The molecular weight excluding hydrogens is 326 g/mol. The van der Waals surface area contributed by atoms with E-state index in [1.165, 1.54) is 0 Å². The highest BCUT2D eigenvalue weighted by Gasteiger charge is 2.20. The predicted octanol–water partition coefficient (Wildman–Crippen LogP) is 3.95. The number of carbonyl (C=O) groups is 1. The molecule has 5 nitrogen and oxygen atoms in total. The van der Waals surface area contributed by atoms with Gasteiger partial charge in [-0.1, -0.05) is 0 Å². The van der Waals surface area contributed by atoms with Gasteiger partial charge in [0.15, 0.2) is 0 Å². The topological polar surface area (TPSA) is 37.2 Å². The van der Waals surface area contributed by atoms with E-state index < -0.39 is 0 Å². The SMILES string of the molecule is COc1ccc(N(C)c2ccc3ccc(C(=O)N4CCCC4)cn23)cc1. The molecule has 5 heteroatoms. The fourth-order valence-electron chi connectivity index (χ4n) is 3.53. The van der Waals surface area contributed by atoms with E-state index in [1.807, 2.05) is 54.5 Å². The van der Waals surface area contributed by atoms with Gasteiger partial charge in [-0.3, -0.25) is 4.79 Å². The Morgan fingerprint density at radius 3 is 2.38 bits per heavy atom. The number of aromatic nitrogens is 1. The molecule has 0 bridgehead atoms. The zero-order valence-corrected chi connectivity index (χ0v) is 15.2. The number of fused-ring (bicyclic) bond motifs is 1. The lowest BCUT2D eigenvalue weighted by atomic mass is 10.2. The van der Waals surface area contributed by atoms with Gasteiger partial charge in [0, 0.05) is 37.5 Å². The average molecular weight is 349 g/mol. The molecule has 134 valence electrons. The molecule has 1 amide bonds. The van der Waals surface area contributed by atoms with Crippen molar-refractivity contribution in [2.45, 2.75) is 12.8 Å². The molecule has 1 saturated heterocycles. The molecule has 3 aromatic rings. The summed E-state index contributed by atoms with van der Waals surface area (Å²) in [5.41, 5.74) is 2.86. The molecule has 0 atom stereocenters. The first-order valence-electron chi connectivity index (χ1n) is 8.95. The number of carbonyl (C=O) groups excluding carboxylic acids is 1. The zero-order valence-electron chi connectivity index (χ0n) is 15.2. The van der Waals surface area contributed by atoms with Crippen LogP contribution in [0, 0.1) is 0 Å². The summed E-state index contributed by atoms with van der Waals surface area (Å²) in [6, 6.07) is 16.0. The first-order valence-corrected chi connectivity index (χ1v) is 8.95. The van der Waals surface area contributed by atoms with Crippen molar-refractivity contribution in [2.75, 3.05) is 32.1 Å². The number of hydrogen-bond donors (Lipinski definition) is 0. The standard InChI is InChI=1S/C21H23N3O2/c1-22(17-7-10-19(26-2)11-8-17)20-12-9-18-6-5-16(15-24(18)20)21(25)23-13-3-4-14-23/h5-12,15H,3-4,13-14H2,1-2H3. The lowest BCUT2D eigenvalue weighted by molar-refractivity contribution is 0.0792. The van der Waals surface area contributed by atoms with Gasteiger partial charge in [0.25, 0.3) is 5.91 Å². The van der Waals surface area contributed by atoms with Crippen molar-refractivity contribution in [3.63, 3.8) is 0 Å². The van der Waals surface area contributed by atoms with Crippen LogP contribution in [0.2, 0.25) is 0 Å². The van der Waals surface area contributed by atoms with E-state index >= 15 is 0 Å². The molecule has 0 unspecified atom stereocenters. The number of rotatable bonds is 4. The molecule has 1 aromatic carbocycles. The molecule has 26 heavy (non-hydrogen) atoms. The fraction of sp³-hybridized carbons (Fsp3) is 0.286. The molecule has 0 radical (unpaired) electrons. The third-order valence-electron chi connectivity index (χ3n) is 5.07. The van der Waals surface area contributed by atoms with E-state index in [-0.39, 0.29) is 5.91 Å². The first-order chi connectivity index (χ1) is 12.7. The van der Waals surface area contributed by atoms with Crippen LogP contribution >= 0.6 is 0 Å². The van der Waals surface area contributed by atoms with Crippen LogP contribution in [0.1, 0.15) is 23.2 Å². The number of benzene rings is 1. The molecule has 1 aliphatic rings. The number of likely N-dealkylation sites (tertiary alicyclic amines) is 1. The Balaban J connectivity index is 1.68. The highest BCUT2D eigenvalue weighted by molar-refractivity contribution is 5.94. The number of anilines is 2. The molecule has 0 aliphatic carbocycles. The monoisotopic (exact) mass is 349 g/mol. The van der Waals surface area contributed by atoms with Gasteiger partial charge in [-0.05, 0) is 61.4 Å². The maximum absolute atomic E-state index is 12.7. The van der Waals surface area contributed by atoms with Gasteiger partial charge in [-0.2, -0.15) is 0 Å². The third-order valence-corrected chi connectivity index (χ3v) is 5.07. The van der Waals surface area contributed by atoms with Gasteiger partial charge >= 0.3 is 0 Å². The van der Waals surface area contributed by atoms with Gasteiger partial charge in [0.05, 0.1) is 12.7 Å². The van der Waals surface area contributed by atoms with Gasteiger partial charge in [0.1, 0.15) is 11.6 Å². The van der Waals surface area contributed by atoms with Gasteiger partial charge in [-0.15, -0.1) is 0 Å². The Bertz CT molecular complexity index is 924. The van der Waals surface area contributed by atoms with Crippen LogP contribution in [-0.2, 0) is 0 Å². The van der Waals surface area contributed by atoms with Crippen molar-refractivity contribution in [3.8, 4) is 5.75 Å². The van der Waals surface area contributed by atoms with E-state index in [0.29, 0.717) is 0 Å². The summed E-state index contributed by atoms with van der Waals surface area (Å²) < 4.78 is 7.31. The predicted molar refractivity (Wildman–Crippen MR) is 104 cm³/mol. The zero-order chi connectivity index (χ0) is 18.1. The van der Waals surface area contributed by atoms with Gasteiger partial charge < -0.3 is 18.9 Å². The number of amides is 1. The molecule has 1 fully saturated rings. The number of hydrogen-bond acceptors (Lipinski definition) is 3. The molecule has 3 heterocycles. The summed E-state index contributed by atoms with van der Waals surface area (Å²) in [6.07, 6.45) is 4.15. The van der Waals surface area contributed by atoms with Crippen LogP contribution in [0.15, 0.2) is 54.7 Å². The van der Waals surface area contributed by atoms with Crippen molar-refractivity contribution < 1.29 is 9.53 Å². The molecule has 0 N–H and O–H groups in total. The van der Waals surface area contributed by atoms with Crippen molar-refractivity contribution in [2.24, 2.45) is 0 Å². The number of nitrogens with zero attached hydrogens (tertiary/aromatic N) is 3. The molecule has 2 aromatic heterocycles. The van der Waals surface area contributed by atoms with Crippen LogP contribution in [0.3, 0.4) is 0 Å². The second-order valence-corrected chi connectivity index (χ2v) is 6.66. The molecule has 4 rings (SSSR count). The maximum atomic E-state index is 12.7. The van der Waals surface area contributed by atoms with E-state index in [0.717, 1.165) is 54.3 Å². The lowest BCUT2D eigenvalue weighted by Gasteiger charge is -2.20. The van der Waals surface area contributed by atoms with Crippen LogP contribution in [0.25, 0.3) is 5.52 Å². The summed E-state index contributed by atoms with van der Waals surface area (Å²) in [5.74, 6) is 1.97. The highest BCUT2D eigenvalue weighted by Crippen LogP contribution is 2.28. The second kappa shape index (κ2) is 6.75. The van der Waals surface area contributed by atoms with Gasteiger partial charge in [-0.25, -0.2) is 0 Å². The van der Waals surface area contributed by atoms with Crippen molar-refractivity contribution in [1.29, 1.82) is 0 Å². The van der Waals surface area contributed by atoms with Crippen LogP contribution in [-0.4, -0.2) is 42.5 Å². The lowest BCUT2D eigenvalue weighted by Crippen LogP contribution is -2.27. The average Bonchev–Trinajstić information content (AvgIpc) is 3.36. The number of pyridine rings is 1. The van der Waals surface area contributed by atoms with Gasteiger partial charge in [0.2, 0.25) is 0 Å². The third kappa shape index (κ3) is 2.90. The maximum Gasteiger partial charge on any atom is 0.255 e. The first kappa shape index (κ1) is 16.5. The fourth-order valence-corrected chi connectivity index (χ4v) is 3.53. The molecule has 1 aliphatic heterocycles. The summed E-state index contributed by atoms with van der Waals surface area (Å²) >= 11 is 0. The van der Waals surface area contributed by atoms with Crippen molar-refractivity contribution >= 4 is 22.9 Å². The number of methoxy groups -OCH3 is 1. The Labute approximate surface area is 153 Å². The summed E-state index contributed by atoms with van der Waals surface area (Å²) in [4.78, 5) is 16.8. The Hall–Kier alpha value is -2.95. The normalized spacial score (nSPS) is 14.0. The van der Waals surface area contributed by atoms with Crippen molar-refractivity contribution in [3.05, 3.63) is 60.3 Å². The van der Waals surface area contributed by atoms with Crippen LogP contribution < -0.4 is 9.64 Å². The number of ether oxygens (including phenoxy) is 1. The van der Waals surface area contributed by atoms with Crippen LogP contribution in [0.5, 0.6) is 5.75 Å². The second-order valence-electron chi connectivity index (χ2n) is 6.66. The summed E-state index contributed by atoms with van der Waals surface area (Å²) in [5, 5.41) is 0. The van der Waals surface area contributed by atoms with E-state index in [4.69, 9.17) is 4.74 Å². The highest BCUT2D eigenvalue weighted by atomic mass is 16.5. The Morgan fingerprint density at radius 2 is 1.69 bits per heavy atom. The van der Waals surface area contributed by atoms with Crippen molar-refractivity contribution in [1.82, 2.24) is 9.30 Å².